The van der Waals surface area contributed by atoms with Crippen molar-refractivity contribution in [2.45, 2.75) is 12.7 Å². The average Bonchev–Trinajstić information content (AvgIpc) is 2.87. The Hall–Kier alpha value is -2.61. The first-order valence-corrected chi connectivity index (χ1v) is 7.29. The van der Waals surface area contributed by atoms with Crippen LogP contribution in [-0.4, -0.2) is 20.9 Å². The molecule has 0 fully saturated rings. The summed E-state index contributed by atoms with van der Waals surface area (Å²) in [6, 6.07) is 6.40. The fourth-order valence-corrected chi connectivity index (χ4v) is 2.67. The van der Waals surface area contributed by atoms with Gasteiger partial charge in [-0.1, -0.05) is 17.7 Å². The molecule has 0 aliphatic carbocycles. The molecule has 9 heteroatoms. The lowest BCUT2D eigenvalue weighted by Gasteiger charge is -2.08. The third-order valence-electron chi connectivity index (χ3n) is 3.62. The molecule has 0 aliphatic heterocycles. The first-order chi connectivity index (χ1) is 11.7. The van der Waals surface area contributed by atoms with E-state index in [0.717, 1.165) is 24.3 Å². The molecule has 0 atom stereocenters. The molecule has 0 radical (unpaired) electrons. The molecule has 3 aromatic rings. The highest BCUT2D eigenvalue weighted by molar-refractivity contribution is 6.31. The standard InChI is InChI=1S/C16H9ClF4N2O2/c17-12-6-10(18)3-1-8(12)7-23-13-4-2-9(16(19,20)21)5-11(13)14(22-23)15(24)25/h1-6H,7H2,(H,24,25). The van der Waals surface area contributed by atoms with Crippen LogP contribution in [0.2, 0.25) is 5.02 Å². The topological polar surface area (TPSA) is 55.1 Å². The molecule has 0 saturated carbocycles. The first kappa shape index (κ1) is 17.2. The molecule has 0 aliphatic rings. The SMILES string of the molecule is O=C(O)c1nn(Cc2ccc(F)cc2Cl)c2ccc(C(F)(F)F)cc12. The van der Waals surface area contributed by atoms with E-state index in [-0.39, 0.29) is 22.5 Å². The van der Waals surface area contributed by atoms with E-state index in [1.54, 1.807) is 0 Å². The first-order valence-electron chi connectivity index (χ1n) is 6.92. The molecule has 3 rings (SSSR count). The molecular weight excluding hydrogens is 364 g/mol. The van der Waals surface area contributed by atoms with Gasteiger partial charge in [0.15, 0.2) is 5.69 Å². The monoisotopic (exact) mass is 372 g/mol. The number of carboxylic acid groups (broad SMARTS) is 1. The second-order valence-corrected chi connectivity index (χ2v) is 5.68. The third-order valence-corrected chi connectivity index (χ3v) is 3.97. The number of halogens is 5. The van der Waals surface area contributed by atoms with Crippen LogP contribution in [-0.2, 0) is 12.7 Å². The van der Waals surface area contributed by atoms with Crippen molar-refractivity contribution in [3.05, 3.63) is 64.1 Å². The van der Waals surface area contributed by atoms with E-state index >= 15 is 0 Å². The summed E-state index contributed by atoms with van der Waals surface area (Å²) < 4.78 is 52.9. The van der Waals surface area contributed by atoms with E-state index in [2.05, 4.69) is 5.10 Å². The number of aromatic carboxylic acids is 1. The summed E-state index contributed by atoms with van der Waals surface area (Å²) in [6.45, 7) is -0.0196. The molecule has 0 spiro atoms. The minimum atomic E-state index is -4.60. The normalized spacial score (nSPS) is 11.9. The Kier molecular flexibility index (Phi) is 4.16. The highest BCUT2D eigenvalue weighted by atomic mass is 35.5. The predicted octanol–water partition coefficient (Wildman–Crippen LogP) is 4.59. The maximum atomic E-state index is 13.1. The highest BCUT2D eigenvalue weighted by Crippen LogP contribution is 2.33. The maximum absolute atomic E-state index is 13.1. The van der Waals surface area contributed by atoms with Crippen molar-refractivity contribution in [3.8, 4) is 0 Å². The van der Waals surface area contributed by atoms with E-state index in [1.165, 1.54) is 16.8 Å². The van der Waals surface area contributed by atoms with Crippen LogP contribution in [0.5, 0.6) is 0 Å². The second-order valence-electron chi connectivity index (χ2n) is 5.28. The summed E-state index contributed by atoms with van der Waals surface area (Å²) >= 11 is 5.94. The molecule has 2 aromatic carbocycles. The van der Waals surface area contributed by atoms with E-state index in [4.69, 9.17) is 11.6 Å². The molecule has 0 bridgehead atoms. The summed E-state index contributed by atoms with van der Waals surface area (Å²) in [6.07, 6.45) is -4.60. The van der Waals surface area contributed by atoms with Crippen molar-refractivity contribution in [2.24, 2.45) is 0 Å². The van der Waals surface area contributed by atoms with Gasteiger partial charge in [0.25, 0.3) is 0 Å². The van der Waals surface area contributed by atoms with E-state index in [0.29, 0.717) is 5.56 Å². The number of benzene rings is 2. The molecule has 130 valence electrons. The van der Waals surface area contributed by atoms with Crippen molar-refractivity contribution in [1.82, 2.24) is 9.78 Å². The number of carbonyl (C=O) groups is 1. The number of carboxylic acids is 1. The van der Waals surface area contributed by atoms with Gasteiger partial charge >= 0.3 is 12.1 Å². The summed E-state index contributed by atoms with van der Waals surface area (Å²) in [5.41, 5.74) is -0.823. The quantitative estimate of drug-likeness (QED) is 0.684. The Labute approximate surface area is 143 Å². The molecule has 0 saturated heterocycles. The molecule has 4 nitrogen and oxygen atoms in total. The number of aromatic nitrogens is 2. The van der Waals surface area contributed by atoms with Gasteiger partial charge in [-0.05, 0) is 35.9 Å². The van der Waals surface area contributed by atoms with Gasteiger partial charge in [0.05, 0.1) is 17.6 Å². The summed E-state index contributed by atoms with van der Waals surface area (Å²) in [4.78, 5) is 11.3. The lowest BCUT2D eigenvalue weighted by Crippen LogP contribution is -2.05. The van der Waals surface area contributed by atoms with Crippen LogP contribution >= 0.6 is 11.6 Å². The van der Waals surface area contributed by atoms with Crippen LogP contribution < -0.4 is 0 Å². The minimum absolute atomic E-state index is 0.0196. The van der Waals surface area contributed by atoms with Crippen molar-refractivity contribution >= 4 is 28.5 Å². The molecule has 0 amide bonds. The van der Waals surface area contributed by atoms with Crippen LogP contribution in [0.25, 0.3) is 10.9 Å². The number of hydrogen-bond donors (Lipinski definition) is 1. The molecule has 1 N–H and O–H groups in total. The van der Waals surface area contributed by atoms with Crippen LogP contribution in [0.3, 0.4) is 0 Å². The molecular formula is C16H9ClF4N2O2. The smallest absolute Gasteiger partial charge is 0.416 e. The van der Waals surface area contributed by atoms with Crippen molar-refractivity contribution in [1.29, 1.82) is 0 Å². The Morgan fingerprint density at radius 3 is 2.52 bits per heavy atom. The van der Waals surface area contributed by atoms with Gasteiger partial charge in [0.2, 0.25) is 0 Å². The number of nitrogens with zero attached hydrogens (tertiary/aromatic N) is 2. The summed E-state index contributed by atoms with van der Waals surface area (Å²) in [7, 11) is 0. The molecule has 1 heterocycles. The lowest BCUT2D eigenvalue weighted by atomic mass is 10.1. The fourth-order valence-electron chi connectivity index (χ4n) is 2.45. The maximum Gasteiger partial charge on any atom is 0.416 e. The van der Waals surface area contributed by atoms with Gasteiger partial charge in [-0.3, -0.25) is 4.68 Å². The van der Waals surface area contributed by atoms with E-state index in [1.807, 2.05) is 0 Å². The molecule has 25 heavy (non-hydrogen) atoms. The van der Waals surface area contributed by atoms with Crippen LogP contribution in [0.4, 0.5) is 17.6 Å². The van der Waals surface area contributed by atoms with E-state index < -0.39 is 29.2 Å². The zero-order valence-electron chi connectivity index (χ0n) is 12.3. The molecule has 1 aromatic heterocycles. The van der Waals surface area contributed by atoms with Gasteiger partial charge < -0.3 is 5.11 Å². The van der Waals surface area contributed by atoms with Gasteiger partial charge in [0, 0.05) is 10.4 Å². The van der Waals surface area contributed by atoms with Gasteiger partial charge in [-0.25, -0.2) is 9.18 Å². The van der Waals surface area contributed by atoms with Crippen LogP contribution in [0.15, 0.2) is 36.4 Å². The van der Waals surface area contributed by atoms with Crippen LogP contribution in [0.1, 0.15) is 21.6 Å². The number of alkyl halides is 3. The fraction of sp³-hybridized carbons (Fsp3) is 0.125. The van der Waals surface area contributed by atoms with Gasteiger partial charge in [-0.2, -0.15) is 18.3 Å². The third kappa shape index (κ3) is 3.30. The second kappa shape index (κ2) is 6.03. The zero-order valence-corrected chi connectivity index (χ0v) is 13.1. The Balaban J connectivity index is 2.14. The Bertz CT molecular complexity index is 982. The molecule has 0 unspecified atom stereocenters. The number of fused-ring (bicyclic) bond motifs is 1. The Morgan fingerprint density at radius 1 is 1.20 bits per heavy atom. The van der Waals surface area contributed by atoms with E-state index in [9.17, 15) is 27.5 Å². The predicted molar refractivity (Wildman–Crippen MR) is 82.2 cm³/mol. The van der Waals surface area contributed by atoms with Crippen molar-refractivity contribution < 1.29 is 27.5 Å². The lowest BCUT2D eigenvalue weighted by molar-refractivity contribution is -0.137. The largest absolute Gasteiger partial charge is 0.476 e. The van der Waals surface area contributed by atoms with Crippen molar-refractivity contribution in [3.63, 3.8) is 0 Å². The van der Waals surface area contributed by atoms with Gasteiger partial charge in [0.1, 0.15) is 5.82 Å². The van der Waals surface area contributed by atoms with Crippen LogP contribution in [0, 0.1) is 5.82 Å². The van der Waals surface area contributed by atoms with Gasteiger partial charge in [-0.15, -0.1) is 0 Å². The van der Waals surface area contributed by atoms with Crippen molar-refractivity contribution in [2.75, 3.05) is 0 Å². The number of rotatable bonds is 3. The summed E-state index contributed by atoms with van der Waals surface area (Å²) in [5.74, 6) is -1.99. The summed E-state index contributed by atoms with van der Waals surface area (Å²) in [5, 5.41) is 13.0. The number of hydrogen-bond acceptors (Lipinski definition) is 2. The minimum Gasteiger partial charge on any atom is -0.476 e. The highest BCUT2D eigenvalue weighted by Gasteiger charge is 2.31. The zero-order chi connectivity index (χ0) is 18.4. The average molecular weight is 373 g/mol. The Morgan fingerprint density at radius 2 is 1.92 bits per heavy atom.